The van der Waals surface area contributed by atoms with Crippen molar-refractivity contribution < 1.29 is 18.3 Å². The zero-order valence-electron chi connectivity index (χ0n) is 11.6. The van der Waals surface area contributed by atoms with Gasteiger partial charge in [0.2, 0.25) is 0 Å². The van der Waals surface area contributed by atoms with Crippen molar-refractivity contribution in [2.24, 2.45) is 5.41 Å². The van der Waals surface area contributed by atoms with E-state index in [1.54, 1.807) is 25.1 Å². The van der Waals surface area contributed by atoms with Gasteiger partial charge in [0.25, 0.3) is 0 Å². The van der Waals surface area contributed by atoms with Crippen LogP contribution in [0.15, 0.2) is 23.1 Å². The summed E-state index contributed by atoms with van der Waals surface area (Å²) in [6.07, 6.45) is 2.46. The second kappa shape index (κ2) is 3.85. The lowest BCUT2D eigenvalue weighted by atomic mass is 9.71. The topological polar surface area (TPSA) is 71.4 Å². The summed E-state index contributed by atoms with van der Waals surface area (Å²) in [6.45, 7) is 3.61. The molecule has 0 atom stereocenters. The first-order valence-corrected chi connectivity index (χ1v) is 8.26. The number of rotatable bonds is 3. The SMILES string of the molecule is Cc1ccc(S(=O)(=O)C2(C(=O)O)CC3(CC3)C2)c(C)c1. The van der Waals surface area contributed by atoms with Crippen LogP contribution in [0.5, 0.6) is 0 Å². The van der Waals surface area contributed by atoms with Gasteiger partial charge in [-0.25, -0.2) is 8.42 Å². The van der Waals surface area contributed by atoms with E-state index >= 15 is 0 Å². The predicted molar refractivity (Wildman–Crippen MR) is 74.4 cm³/mol. The minimum absolute atomic E-state index is 0.00403. The first kappa shape index (κ1) is 13.6. The van der Waals surface area contributed by atoms with Crippen molar-refractivity contribution in [2.45, 2.75) is 49.2 Å². The minimum atomic E-state index is -3.84. The van der Waals surface area contributed by atoms with E-state index in [1.807, 2.05) is 6.92 Å². The van der Waals surface area contributed by atoms with Gasteiger partial charge in [-0.3, -0.25) is 4.79 Å². The molecule has 2 saturated carbocycles. The van der Waals surface area contributed by atoms with Crippen LogP contribution >= 0.6 is 0 Å². The summed E-state index contributed by atoms with van der Waals surface area (Å²) < 4.78 is 24.1. The van der Waals surface area contributed by atoms with E-state index < -0.39 is 20.6 Å². The van der Waals surface area contributed by atoms with Gasteiger partial charge in [-0.05, 0) is 56.6 Å². The van der Waals surface area contributed by atoms with Crippen molar-refractivity contribution in [1.29, 1.82) is 0 Å². The van der Waals surface area contributed by atoms with Gasteiger partial charge in [-0.15, -0.1) is 0 Å². The van der Waals surface area contributed by atoms with Crippen LogP contribution in [-0.4, -0.2) is 24.2 Å². The molecule has 0 bridgehead atoms. The number of sulfone groups is 1. The molecule has 2 fully saturated rings. The highest BCUT2D eigenvalue weighted by atomic mass is 32.2. The summed E-state index contributed by atoms with van der Waals surface area (Å²) in [7, 11) is -3.84. The van der Waals surface area contributed by atoms with Crippen molar-refractivity contribution in [2.75, 3.05) is 0 Å². The van der Waals surface area contributed by atoms with Crippen LogP contribution in [0.4, 0.5) is 0 Å². The maximum Gasteiger partial charge on any atom is 0.325 e. The molecule has 108 valence electrons. The van der Waals surface area contributed by atoms with Crippen LogP contribution in [0, 0.1) is 19.3 Å². The van der Waals surface area contributed by atoms with Crippen molar-refractivity contribution >= 4 is 15.8 Å². The van der Waals surface area contributed by atoms with Gasteiger partial charge in [-0.1, -0.05) is 17.7 Å². The average molecular weight is 294 g/mol. The molecule has 0 unspecified atom stereocenters. The Morgan fingerprint density at radius 2 is 1.80 bits per heavy atom. The second-order valence-electron chi connectivity index (χ2n) is 6.43. The molecule has 0 amide bonds. The fraction of sp³-hybridized carbons (Fsp3) is 0.533. The number of carbonyl (C=O) groups is 1. The van der Waals surface area contributed by atoms with Crippen molar-refractivity contribution in [3.63, 3.8) is 0 Å². The molecule has 0 radical (unpaired) electrons. The van der Waals surface area contributed by atoms with E-state index in [2.05, 4.69) is 0 Å². The Kier molecular flexibility index (Phi) is 2.62. The van der Waals surface area contributed by atoms with Crippen LogP contribution in [0.25, 0.3) is 0 Å². The number of benzene rings is 1. The highest BCUT2D eigenvalue weighted by Crippen LogP contribution is 2.68. The highest BCUT2D eigenvalue weighted by molar-refractivity contribution is 7.93. The third kappa shape index (κ3) is 1.65. The zero-order valence-corrected chi connectivity index (χ0v) is 12.5. The quantitative estimate of drug-likeness (QED) is 0.929. The summed E-state index contributed by atoms with van der Waals surface area (Å²) in [6, 6.07) is 5.05. The van der Waals surface area contributed by atoms with Gasteiger partial charge in [0.15, 0.2) is 14.6 Å². The molecule has 1 aromatic carbocycles. The minimum Gasteiger partial charge on any atom is -0.480 e. The Hall–Kier alpha value is -1.36. The number of aliphatic carboxylic acids is 1. The fourth-order valence-electron chi connectivity index (χ4n) is 3.46. The molecule has 0 heterocycles. The van der Waals surface area contributed by atoms with Crippen molar-refractivity contribution in [3.8, 4) is 0 Å². The van der Waals surface area contributed by atoms with E-state index in [0.29, 0.717) is 5.56 Å². The Morgan fingerprint density at radius 1 is 1.20 bits per heavy atom. The van der Waals surface area contributed by atoms with Gasteiger partial charge in [0, 0.05) is 0 Å². The molecule has 20 heavy (non-hydrogen) atoms. The lowest BCUT2D eigenvalue weighted by Crippen LogP contribution is -2.57. The number of carboxylic acids is 1. The van der Waals surface area contributed by atoms with Crippen molar-refractivity contribution in [3.05, 3.63) is 29.3 Å². The monoisotopic (exact) mass is 294 g/mol. The highest BCUT2D eigenvalue weighted by Gasteiger charge is 2.70. The lowest BCUT2D eigenvalue weighted by Gasteiger charge is -2.44. The molecule has 5 heteroatoms. The normalized spacial score (nSPS) is 22.3. The van der Waals surface area contributed by atoms with Gasteiger partial charge in [-0.2, -0.15) is 0 Å². The van der Waals surface area contributed by atoms with Crippen LogP contribution in [-0.2, 0) is 14.6 Å². The third-order valence-corrected chi connectivity index (χ3v) is 7.33. The average Bonchev–Trinajstić information content (AvgIpc) is 3.04. The number of hydrogen-bond acceptors (Lipinski definition) is 3. The fourth-order valence-corrected chi connectivity index (χ4v) is 5.83. The summed E-state index contributed by atoms with van der Waals surface area (Å²) >= 11 is 0. The molecule has 3 rings (SSSR count). The van der Waals surface area contributed by atoms with E-state index in [-0.39, 0.29) is 23.2 Å². The van der Waals surface area contributed by atoms with Gasteiger partial charge in [0.05, 0.1) is 4.90 Å². The van der Waals surface area contributed by atoms with E-state index in [0.717, 1.165) is 18.4 Å². The first-order valence-electron chi connectivity index (χ1n) is 6.78. The van der Waals surface area contributed by atoms with Crippen molar-refractivity contribution in [1.82, 2.24) is 0 Å². The molecule has 0 saturated heterocycles. The Labute approximate surface area is 118 Å². The Balaban J connectivity index is 2.08. The standard InChI is InChI=1S/C15H18O4S/c1-10-3-4-12(11(2)7-10)20(18,19)15(13(16)17)8-14(9-15)5-6-14/h3-4,7H,5-6,8-9H2,1-2H3,(H,16,17). The third-order valence-electron chi connectivity index (χ3n) is 4.80. The number of carboxylic acid groups (broad SMARTS) is 1. The van der Waals surface area contributed by atoms with Gasteiger partial charge >= 0.3 is 5.97 Å². The molecule has 0 aromatic heterocycles. The van der Waals surface area contributed by atoms with Crippen LogP contribution in [0.1, 0.15) is 36.8 Å². The van der Waals surface area contributed by atoms with E-state index in [1.165, 1.54) is 0 Å². The van der Waals surface area contributed by atoms with Crippen LogP contribution < -0.4 is 0 Å². The summed E-state index contributed by atoms with van der Waals surface area (Å²) in [4.78, 5) is 11.8. The summed E-state index contributed by atoms with van der Waals surface area (Å²) in [5.74, 6) is -1.20. The molecule has 0 aliphatic heterocycles. The molecule has 1 aromatic rings. The maximum atomic E-state index is 12.8. The Morgan fingerprint density at radius 3 is 2.25 bits per heavy atom. The van der Waals surface area contributed by atoms with Gasteiger partial charge in [0.1, 0.15) is 0 Å². The first-order chi connectivity index (χ1) is 9.22. The second-order valence-corrected chi connectivity index (χ2v) is 8.65. The molecule has 1 spiro atoms. The smallest absolute Gasteiger partial charge is 0.325 e. The maximum absolute atomic E-state index is 12.8. The summed E-state index contributed by atoms with van der Waals surface area (Å²) in [5, 5.41) is 9.51. The van der Waals surface area contributed by atoms with Crippen LogP contribution in [0.3, 0.4) is 0 Å². The molecular weight excluding hydrogens is 276 g/mol. The molecule has 1 N–H and O–H groups in total. The zero-order chi connectivity index (χ0) is 14.8. The molecule has 4 nitrogen and oxygen atoms in total. The molecular formula is C15H18O4S. The Bertz CT molecular complexity index is 691. The van der Waals surface area contributed by atoms with E-state index in [9.17, 15) is 18.3 Å². The van der Waals surface area contributed by atoms with Gasteiger partial charge < -0.3 is 5.11 Å². The van der Waals surface area contributed by atoms with Crippen LogP contribution in [0.2, 0.25) is 0 Å². The predicted octanol–water partition coefficient (Wildman–Crippen LogP) is 2.47. The summed E-state index contributed by atoms with van der Waals surface area (Å²) in [5.41, 5.74) is 1.60. The number of hydrogen-bond donors (Lipinski definition) is 1. The lowest BCUT2D eigenvalue weighted by molar-refractivity contribution is -0.144. The largest absolute Gasteiger partial charge is 0.480 e. The van der Waals surface area contributed by atoms with E-state index in [4.69, 9.17) is 0 Å². The molecule has 2 aliphatic rings. The molecule has 2 aliphatic carbocycles. The number of aryl methyl sites for hydroxylation is 2.